The minimum Gasteiger partial charge on any atom is -0.325 e. The van der Waals surface area contributed by atoms with E-state index >= 15 is 0 Å². The molecule has 2 aromatic carbocycles. The number of carbonyl (C=O) groups is 1. The standard InChI is InChI=1S/C14H13N3O5S2/c1-10(18)16-24(21,22)12-8-6-11(7-9-12)15-23-14-5-3-2-4-13(14)17(19)20/h2-9,15H,1H3,(H,16,18). The number of benzene rings is 2. The Bertz CT molecular complexity index is 866. The van der Waals surface area contributed by atoms with Crippen LogP contribution in [0.25, 0.3) is 0 Å². The predicted molar refractivity (Wildman–Crippen MR) is 90.0 cm³/mol. The molecule has 0 saturated carbocycles. The molecule has 2 aromatic rings. The van der Waals surface area contributed by atoms with Crippen molar-refractivity contribution in [3.8, 4) is 0 Å². The molecule has 0 fully saturated rings. The van der Waals surface area contributed by atoms with Crippen molar-refractivity contribution in [1.82, 2.24) is 4.72 Å². The number of sulfonamides is 1. The third-order valence-electron chi connectivity index (χ3n) is 2.78. The number of anilines is 1. The summed E-state index contributed by atoms with van der Waals surface area (Å²) in [5.41, 5.74) is 0.528. The molecule has 0 aromatic heterocycles. The van der Waals surface area contributed by atoms with Crippen LogP contribution in [0.1, 0.15) is 6.92 Å². The van der Waals surface area contributed by atoms with Crippen LogP contribution in [-0.4, -0.2) is 19.2 Å². The molecule has 0 bridgehead atoms. The van der Waals surface area contributed by atoms with Gasteiger partial charge in [0, 0.05) is 18.7 Å². The number of hydrogen-bond acceptors (Lipinski definition) is 7. The molecule has 0 spiro atoms. The van der Waals surface area contributed by atoms with Crippen LogP contribution in [0.5, 0.6) is 0 Å². The fourth-order valence-electron chi connectivity index (χ4n) is 1.76. The number of nitro benzene ring substituents is 1. The molecule has 0 saturated heterocycles. The average Bonchev–Trinajstić information content (AvgIpc) is 2.52. The summed E-state index contributed by atoms with van der Waals surface area (Å²) in [6.45, 7) is 1.11. The monoisotopic (exact) mass is 367 g/mol. The first-order chi connectivity index (χ1) is 11.3. The smallest absolute Gasteiger partial charge is 0.284 e. The van der Waals surface area contributed by atoms with Crippen molar-refractivity contribution < 1.29 is 18.1 Å². The van der Waals surface area contributed by atoms with Gasteiger partial charge in [-0.2, -0.15) is 0 Å². The summed E-state index contributed by atoms with van der Waals surface area (Å²) in [6.07, 6.45) is 0. The van der Waals surface area contributed by atoms with Gasteiger partial charge in [0.2, 0.25) is 5.91 Å². The van der Waals surface area contributed by atoms with Crippen LogP contribution in [-0.2, 0) is 14.8 Å². The van der Waals surface area contributed by atoms with Gasteiger partial charge in [-0.3, -0.25) is 14.9 Å². The molecular formula is C14H13N3O5S2. The van der Waals surface area contributed by atoms with Gasteiger partial charge in [0.1, 0.15) is 4.90 Å². The van der Waals surface area contributed by atoms with Crippen molar-refractivity contribution in [3.05, 3.63) is 58.6 Å². The van der Waals surface area contributed by atoms with Gasteiger partial charge < -0.3 is 4.72 Å². The van der Waals surface area contributed by atoms with Crippen molar-refractivity contribution in [2.75, 3.05) is 4.72 Å². The maximum absolute atomic E-state index is 11.8. The van der Waals surface area contributed by atoms with Crippen LogP contribution < -0.4 is 9.44 Å². The van der Waals surface area contributed by atoms with E-state index in [0.29, 0.717) is 10.6 Å². The van der Waals surface area contributed by atoms with Crippen molar-refractivity contribution in [3.63, 3.8) is 0 Å². The predicted octanol–water partition coefficient (Wildman–Crippen LogP) is 2.54. The molecule has 2 N–H and O–H groups in total. The highest BCUT2D eigenvalue weighted by atomic mass is 32.2. The molecule has 8 nitrogen and oxygen atoms in total. The molecule has 2 rings (SSSR count). The number of nitro groups is 1. The second-order valence-electron chi connectivity index (χ2n) is 4.62. The zero-order chi connectivity index (χ0) is 17.7. The quantitative estimate of drug-likeness (QED) is 0.457. The number of nitrogens with one attached hydrogen (secondary N) is 2. The molecule has 10 heteroatoms. The summed E-state index contributed by atoms with van der Waals surface area (Å²) in [7, 11) is -3.88. The summed E-state index contributed by atoms with van der Waals surface area (Å²) >= 11 is 1.04. The lowest BCUT2D eigenvalue weighted by atomic mass is 10.3. The van der Waals surface area contributed by atoms with Gasteiger partial charge in [0.05, 0.1) is 9.82 Å². The van der Waals surface area contributed by atoms with Gasteiger partial charge in [0.15, 0.2) is 0 Å². The lowest BCUT2D eigenvalue weighted by molar-refractivity contribution is -0.387. The first kappa shape index (κ1) is 17.8. The molecule has 0 aliphatic carbocycles. The van der Waals surface area contributed by atoms with Crippen molar-refractivity contribution >= 4 is 39.3 Å². The summed E-state index contributed by atoms with van der Waals surface area (Å²) < 4.78 is 28.4. The summed E-state index contributed by atoms with van der Waals surface area (Å²) in [5.74, 6) is -0.677. The van der Waals surface area contributed by atoms with Crippen molar-refractivity contribution in [2.24, 2.45) is 0 Å². The van der Waals surface area contributed by atoms with Gasteiger partial charge in [0.25, 0.3) is 15.7 Å². The van der Waals surface area contributed by atoms with Crippen LogP contribution >= 0.6 is 11.9 Å². The fraction of sp³-hybridized carbons (Fsp3) is 0.0714. The van der Waals surface area contributed by atoms with E-state index in [1.54, 1.807) is 18.2 Å². The number of carbonyl (C=O) groups excluding carboxylic acids is 1. The lowest BCUT2D eigenvalue weighted by Gasteiger charge is -2.08. The molecule has 0 radical (unpaired) electrons. The Morgan fingerprint density at radius 2 is 1.75 bits per heavy atom. The highest BCUT2D eigenvalue weighted by Gasteiger charge is 2.16. The second-order valence-corrected chi connectivity index (χ2v) is 7.15. The van der Waals surface area contributed by atoms with E-state index in [1.165, 1.54) is 30.3 Å². The highest BCUT2D eigenvalue weighted by Crippen LogP contribution is 2.29. The van der Waals surface area contributed by atoms with Gasteiger partial charge in [-0.25, -0.2) is 13.1 Å². The number of hydrogen-bond donors (Lipinski definition) is 2. The van der Waals surface area contributed by atoms with Gasteiger partial charge >= 0.3 is 0 Å². The average molecular weight is 367 g/mol. The van der Waals surface area contributed by atoms with Crippen LogP contribution in [0.15, 0.2) is 58.3 Å². The van der Waals surface area contributed by atoms with E-state index < -0.39 is 20.9 Å². The fourth-order valence-corrected chi connectivity index (χ4v) is 3.51. The Hall–Kier alpha value is -2.59. The Kier molecular flexibility index (Phi) is 5.42. The summed E-state index contributed by atoms with van der Waals surface area (Å²) in [6, 6.07) is 11.9. The Morgan fingerprint density at radius 1 is 1.12 bits per heavy atom. The van der Waals surface area contributed by atoms with Crippen LogP contribution in [0.4, 0.5) is 11.4 Å². The van der Waals surface area contributed by atoms with Crippen LogP contribution in [0.3, 0.4) is 0 Å². The minimum atomic E-state index is -3.88. The number of rotatable bonds is 6. The van der Waals surface area contributed by atoms with Crippen molar-refractivity contribution in [1.29, 1.82) is 0 Å². The van der Waals surface area contributed by atoms with E-state index in [0.717, 1.165) is 18.9 Å². The van der Waals surface area contributed by atoms with E-state index in [2.05, 4.69) is 4.72 Å². The largest absolute Gasteiger partial charge is 0.325 e. The number of amides is 1. The third-order valence-corrected chi connectivity index (χ3v) is 5.14. The SMILES string of the molecule is CC(=O)NS(=O)(=O)c1ccc(NSc2ccccc2[N+](=O)[O-])cc1. The molecule has 0 aliphatic rings. The highest BCUT2D eigenvalue weighted by molar-refractivity contribution is 8.00. The van der Waals surface area contributed by atoms with Gasteiger partial charge in [-0.1, -0.05) is 12.1 Å². The zero-order valence-corrected chi connectivity index (χ0v) is 14.1. The number of nitrogens with zero attached hydrogens (tertiary/aromatic N) is 1. The van der Waals surface area contributed by atoms with E-state index in [-0.39, 0.29) is 10.6 Å². The molecule has 0 aliphatic heterocycles. The summed E-state index contributed by atoms with van der Waals surface area (Å²) in [4.78, 5) is 21.7. The maximum atomic E-state index is 11.8. The van der Waals surface area contributed by atoms with Crippen molar-refractivity contribution in [2.45, 2.75) is 16.7 Å². The second kappa shape index (κ2) is 7.32. The number of para-hydroxylation sites is 1. The van der Waals surface area contributed by atoms with Crippen LogP contribution in [0, 0.1) is 10.1 Å². The molecular weight excluding hydrogens is 354 g/mol. The van der Waals surface area contributed by atoms with Gasteiger partial charge in [-0.05, 0) is 42.3 Å². The molecule has 0 heterocycles. The Balaban J connectivity index is 2.11. The molecule has 1 amide bonds. The normalized spacial score (nSPS) is 10.9. The topological polar surface area (TPSA) is 118 Å². The van der Waals surface area contributed by atoms with E-state index in [1.807, 2.05) is 4.72 Å². The van der Waals surface area contributed by atoms with E-state index in [4.69, 9.17) is 0 Å². The first-order valence-corrected chi connectivity index (χ1v) is 8.89. The Labute approximate surface area is 142 Å². The molecule has 0 atom stereocenters. The molecule has 24 heavy (non-hydrogen) atoms. The van der Waals surface area contributed by atoms with Gasteiger partial charge in [-0.15, -0.1) is 0 Å². The minimum absolute atomic E-state index is 0.0279. The Morgan fingerprint density at radius 3 is 2.33 bits per heavy atom. The van der Waals surface area contributed by atoms with Crippen LogP contribution in [0.2, 0.25) is 0 Å². The molecule has 126 valence electrons. The zero-order valence-electron chi connectivity index (χ0n) is 12.4. The third kappa shape index (κ3) is 4.46. The first-order valence-electron chi connectivity index (χ1n) is 6.59. The maximum Gasteiger partial charge on any atom is 0.284 e. The lowest BCUT2D eigenvalue weighted by Crippen LogP contribution is -2.28. The molecule has 0 unspecified atom stereocenters. The summed E-state index contributed by atoms with van der Waals surface area (Å²) in [5, 5.41) is 10.9. The van der Waals surface area contributed by atoms with E-state index in [9.17, 15) is 23.3 Å².